The summed E-state index contributed by atoms with van der Waals surface area (Å²) in [5, 5.41) is 3.00. The van der Waals surface area contributed by atoms with Gasteiger partial charge >= 0.3 is 0 Å². The third kappa shape index (κ3) is 5.38. The van der Waals surface area contributed by atoms with Crippen LogP contribution < -0.4 is 14.8 Å². The third-order valence-corrected chi connectivity index (χ3v) is 4.54. The normalized spacial score (nSPS) is 11.7. The summed E-state index contributed by atoms with van der Waals surface area (Å²) >= 11 is 0. The predicted octanol–water partition coefficient (Wildman–Crippen LogP) is 4.56. The molecule has 152 valence electrons. The van der Waals surface area contributed by atoms with Crippen molar-refractivity contribution >= 4 is 5.91 Å². The second-order valence-corrected chi connectivity index (χ2v) is 6.62. The lowest BCUT2D eigenvalue weighted by Crippen LogP contribution is -2.26. The number of amides is 1. The summed E-state index contributed by atoms with van der Waals surface area (Å²) in [7, 11) is 1.60. The van der Waals surface area contributed by atoms with E-state index in [-0.39, 0.29) is 11.9 Å². The molecule has 0 saturated heterocycles. The highest BCUT2D eigenvalue weighted by Crippen LogP contribution is 2.30. The lowest BCUT2D eigenvalue weighted by atomic mass is 10.1. The number of hydrogen-bond donors (Lipinski definition) is 1. The van der Waals surface area contributed by atoms with E-state index in [1.54, 1.807) is 13.3 Å². The number of oxazole rings is 1. The number of nitrogens with zero attached hydrogens (tertiary/aromatic N) is 1. The van der Waals surface area contributed by atoms with Gasteiger partial charge in [0, 0.05) is 18.4 Å². The molecule has 1 N–H and O–H groups in total. The molecule has 1 atom stereocenters. The van der Waals surface area contributed by atoms with Crippen molar-refractivity contribution in [1.82, 2.24) is 10.3 Å². The minimum atomic E-state index is -0.156. The van der Waals surface area contributed by atoms with Gasteiger partial charge in [-0.05, 0) is 31.5 Å². The molecule has 1 unspecified atom stereocenters. The molecule has 1 amide bonds. The second kappa shape index (κ2) is 9.78. The maximum absolute atomic E-state index is 12.4. The minimum absolute atomic E-state index is 0.0650. The zero-order valence-corrected chi connectivity index (χ0v) is 17.0. The lowest BCUT2D eigenvalue weighted by Gasteiger charge is -2.17. The van der Waals surface area contributed by atoms with Gasteiger partial charge in [-0.3, -0.25) is 4.79 Å². The van der Waals surface area contributed by atoms with Crippen LogP contribution in [0.4, 0.5) is 0 Å². The Balaban J connectivity index is 1.55. The number of carbonyl (C=O) groups excluding carboxylic acids is 1. The molecule has 0 saturated carbocycles. The average Bonchev–Trinajstić information content (AvgIpc) is 3.22. The zero-order valence-electron chi connectivity index (χ0n) is 17.0. The largest absolute Gasteiger partial charge is 0.493 e. The Bertz CT molecular complexity index is 937. The van der Waals surface area contributed by atoms with Gasteiger partial charge in [-0.2, -0.15) is 0 Å². The topological polar surface area (TPSA) is 73.6 Å². The van der Waals surface area contributed by atoms with Gasteiger partial charge in [-0.25, -0.2) is 4.98 Å². The van der Waals surface area contributed by atoms with Crippen molar-refractivity contribution in [3.05, 3.63) is 66.2 Å². The van der Waals surface area contributed by atoms with Crippen LogP contribution in [0.25, 0.3) is 11.3 Å². The van der Waals surface area contributed by atoms with Gasteiger partial charge in [0.1, 0.15) is 0 Å². The first-order valence-corrected chi connectivity index (χ1v) is 9.71. The summed E-state index contributed by atoms with van der Waals surface area (Å²) in [5.74, 6) is 2.53. The monoisotopic (exact) mass is 394 g/mol. The van der Waals surface area contributed by atoms with Gasteiger partial charge in [0.15, 0.2) is 23.1 Å². The molecule has 6 nitrogen and oxygen atoms in total. The van der Waals surface area contributed by atoms with Crippen LogP contribution in [0.2, 0.25) is 0 Å². The maximum Gasteiger partial charge on any atom is 0.220 e. The van der Waals surface area contributed by atoms with Crippen molar-refractivity contribution < 1.29 is 18.7 Å². The van der Waals surface area contributed by atoms with Gasteiger partial charge in [0.05, 0.1) is 26.0 Å². The van der Waals surface area contributed by atoms with Crippen LogP contribution in [0.15, 0.2) is 59.1 Å². The number of methoxy groups -OCH3 is 1. The van der Waals surface area contributed by atoms with Crippen molar-refractivity contribution in [3.63, 3.8) is 0 Å². The van der Waals surface area contributed by atoms with Gasteiger partial charge in [0.2, 0.25) is 5.91 Å². The van der Waals surface area contributed by atoms with Gasteiger partial charge < -0.3 is 19.2 Å². The van der Waals surface area contributed by atoms with E-state index >= 15 is 0 Å². The van der Waals surface area contributed by atoms with Crippen molar-refractivity contribution in [2.24, 2.45) is 0 Å². The summed E-state index contributed by atoms with van der Waals surface area (Å²) in [6, 6.07) is 15.3. The molecule has 3 rings (SSSR count). The highest BCUT2D eigenvalue weighted by Gasteiger charge is 2.14. The number of aryl methyl sites for hydroxylation is 1. The van der Waals surface area contributed by atoms with Crippen LogP contribution in [-0.4, -0.2) is 24.6 Å². The van der Waals surface area contributed by atoms with E-state index in [1.165, 1.54) is 0 Å². The number of ether oxygens (including phenoxy) is 2. The van der Waals surface area contributed by atoms with E-state index in [2.05, 4.69) is 10.3 Å². The Hall–Kier alpha value is -3.28. The highest BCUT2D eigenvalue weighted by atomic mass is 16.5. The number of hydrogen-bond acceptors (Lipinski definition) is 5. The van der Waals surface area contributed by atoms with E-state index in [4.69, 9.17) is 13.9 Å². The average molecular weight is 394 g/mol. The quantitative estimate of drug-likeness (QED) is 0.576. The number of rotatable bonds is 9. The fraction of sp³-hybridized carbons (Fsp3) is 0.304. The van der Waals surface area contributed by atoms with E-state index in [0.717, 1.165) is 11.1 Å². The SMILES string of the molecule is CCOc1ccc(C(C)NC(=O)CCc2ncc(-c3ccccc3)o2)cc1OC. The summed E-state index contributed by atoms with van der Waals surface area (Å²) < 4.78 is 16.7. The number of carbonyl (C=O) groups is 1. The van der Waals surface area contributed by atoms with Gasteiger partial charge in [0.25, 0.3) is 0 Å². The molecule has 0 bridgehead atoms. The van der Waals surface area contributed by atoms with Crippen molar-refractivity contribution in [2.45, 2.75) is 32.7 Å². The van der Waals surface area contributed by atoms with Crippen molar-refractivity contribution in [3.8, 4) is 22.8 Å². The summed E-state index contributed by atoms with van der Waals surface area (Å²) in [6.45, 7) is 4.42. The van der Waals surface area contributed by atoms with Crippen LogP contribution in [0, 0.1) is 0 Å². The molecule has 2 aromatic carbocycles. The Morgan fingerprint density at radius 1 is 1.17 bits per heavy atom. The maximum atomic E-state index is 12.4. The van der Waals surface area contributed by atoms with E-state index in [1.807, 2.05) is 62.4 Å². The molecule has 0 fully saturated rings. The van der Waals surface area contributed by atoms with E-state index in [9.17, 15) is 4.79 Å². The first kappa shape index (κ1) is 20.5. The molecule has 6 heteroatoms. The van der Waals surface area contributed by atoms with Crippen molar-refractivity contribution in [1.29, 1.82) is 0 Å². The van der Waals surface area contributed by atoms with Crippen LogP contribution in [0.5, 0.6) is 11.5 Å². The standard InChI is InChI=1S/C23H26N2O4/c1-4-28-19-11-10-18(14-20(19)27-3)16(2)25-22(26)12-13-23-24-15-21(29-23)17-8-6-5-7-9-17/h5-11,14-16H,4,12-13H2,1-3H3,(H,25,26). The molecule has 0 radical (unpaired) electrons. The van der Waals surface area contributed by atoms with Crippen LogP contribution in [0.1, 0.15) is 37.8 Å². The highest BCUT2D eigenvalue weighted by molar-refractivity contribution is 5.76. The summed E-state index contributed by atoms with van der Waals surface area (Å²) in [5.41, 5.74) is 1.91. The summed E-state index contributed by atoms with van der Waals surface area (Å²) in [6.07, 6.45) is 2.43. The third-order valence-electron chi connectivity index (χ3n) is 4.54. The Morgan fingerprint density at radius 2 is 1.97 bits per heavy atom. The molecule has 1 heterocycles. The fourth-order valence-corrected chi connectivity index (χ4v) is 3.01. The molecule has 29 heavy (non-hydrogen) atoms. The lowest BCUT2D eigenvalue weighted by molar-refractivity contribution is -0.121. The fourth-order valence-electron chi connectivity index (χ4n) is 3.01. The van der Waals surface area contributed by atoms with Crippen molar-refractivity contribution in [2.75, 3.05) is 13.7 Å². The van der Waals surface area contributed by atoms with Gasteiger partial charge in [-0.1, -0.05) is 36.4 Å². The van der Waals surface area contributed by atoms with Crippen LogP contribution in [0.3, 0.4) is 0 Å². The second-order valence-electron chi connectivity index (χ2n) is 6.62. The first-order chi connectivity index (χ1) is 14.1. The van der Waals surface area contributed by atoms with Crippen LogP contribution in [-0.2, 0) is 11.2 Å². The van der Waals surface area contributed by atoms with Gasteiger partial charge in [-0.15, -0.1) is 0 Å². The number of nitrogens with one attached hydrogen (secondary N) is 1. The number of aromatic nitrogens is 1. The first-order valence-electron chi connectivity index (χ1n) is 9.71. The Labute approximate surface area is 170 Å². The molecule has 3 aromatic rings. The van der Waals surface area contributed by atoms with E-state index in [0.29, 0.717) is 42.6 Å². The van der Waals surface area contributed by atoms with Crippen LogP contribution >= 0.6 is 0 Å². The molecule has 0 aliphatic rings. The summed E-state index contributed by atoms with van der Waals surface area (Å²) in [4.78, 5) is 16.6. The molecular weight excluding hydrogens is 368 g/mol. The molecule has 1 aromatic heterocycles. The molecule has 0 aliphatic heterocycles. The minimum Gasteiger partial charge on any atom is -0.493 e. The molecule has 0 aliphatic carbocycles. The molecular formula is C23H26N2O4. The van der Waals surface area contributed by atoms with E-state index < -0.39 is 0 Å². The predicted molar refractivity (Wildman–Crippen MR) is 111 cm³/mol. The zero-order chi connectivity index (χ0) is 20.6. The Morgan fingerprint density at radius 3 is 2.69 bits per heavy atom. The molecule has 0 spiro atoms. The number of benzene rings is 2. The smallest absolute Gasteiger partial charge is 0.220 e. The Kier molecular flexibility index (Phi) is 6.89.